The number of hydrogen-bond acceptors (Lipinski definition) is 4. The molecule has 0 fully saturated rings. The topological polar surface area (TPSA) is 58.9 Å². The van der Waals surface area contributed by atoms with E-state index in [1.165, 1.54) is 0 Å². The van der Waals surface area contributed by atoms with Gasteiger partial charge in [0.15, 0.2) is 0 Å². The van der Waals surface area contributed by atoms with Crippen LogP contribution in [0, 0.1) is 0 Å². The molecule has 0 radical (unpaired) electrons. The van der Waals surface area contributed by atoms with Gasteiger partial charge in [-0.05, 0) is 11.1 Å². The largest absolute Gasteiger partial charge is 0.375 e. The lowest BCUT2D eigenvalue weighted by Crippen LogP contribution is -2.37. The molecule has 0 unspecified atom stereocenters. The molecule has 0 saturated heterocycles. The number of carbonyl (C=O) groups excluding carboxylic acids is 1. The van der Waals surface area contributed by atoms with Crippen molar-refractivity contribution in [1.29, 1.82) is 0 Å². The molecule has 1 N–H and O–H groups in total. The lowest BCUT2D eigenvalue weighted by atomic mass is 9.86. The molecule has 2 rings (SSSR count). The van der Waals surface area contributed by atoms with Crippen LogP contribution in [0.15, 0.2) is 65.8 Å². The number of benzene rings is 2. The second-order valence-electron chi connectivity index (χ2n) is 3.95. The summed E-state index contributed by atoms with van der Waals surface area (Å²) >= 11 is 0. The molecule has 0 spiro atoms. The van der Waals surface area contributed by atoms with E-state index in [1.807, 2.05) is 0 Å². The standard InChI is InChI=1S/C15H13NO3/c1-16-19-14(17)15(18,12-8-4-2-5-9-12)13-10-6-3-7-11-13/h2-11,18H,1H2. The van der Waals surface area contributed by atoms with E-state index in [9.17, 15) is 9.90 Å². The fourth-order valence-electron chi connectivity index (χ4n) is 1.89. The van der Waals surface area contributed by atoms with Crippen molar-refractivity contribution < 1.29 is 14.7 Å². The Balaban J connectivity index is 2.57. The molecule has 0 bridgehead atoms. The Bertz CT molecular complexity index is 527. The number of rotatable bonds is 4. The first-order chi connectivity index (χ1) is 9.19. The molecule has 0 aliphatic heterocycles. The van der Waals surface area contributed by atoms with Crippen LogP contribution in [-0.2, 0) is 15.2 Å². The van der Waals surface area contributed by atoms with Gasteiger partial charge in [-0.2, -0.15) is 0 Å². The SMILES string of the molecule is C=NOC(=O)C(O)(c1ccccc1)c1ccccc1. The third-order valence-corrected chi connectivity index (χ3v) is 2.83. The fourth-order valence-corrected chi connectivity index (χ4v) is 1.89. The van der Waals surface area contributed by atoms with Gasteiger partial charge in [0.05, 0.1) is 0 Å². The first kappa shape index (κ1) is 13.0. The average Bonchev–Trinajstić information content (AvgIpc) is 2.48. The molecule has 0 aliphatic rings. The first-order valence-corrected chi connectivity index (χ1v) is 5.70. The summed E-state index contributed by atoms with van der Waals surface area (Å²) < 4.78 is 0. The van der Waals surface area contributed by atoms with E-state index in [0.29, 0.717) is 11.1 Å². The van der Waals surface area contributed by atoms with Crippen molar-refractivity contribution in [3.63, 3.8) is 0 Å². The Morgan fingerprint density at radius 1 is 1.00 bits per heavy atom. The van der Waals surface area contributed by atoms with Crippen LogP contribution in [0.25, 0.3) is 0 Å². The van der Waals surface area contributed by atoms with Crippen LogP contribution in [-0.4, -0.2) is 17.8 Å². The van der Waals surface area contributed by atoms with Gasteiger partial charge in [-0.3, -0.25) is 0 Å². The summed E-state index contributed by atoms with van der Waals surface area (Å²) in [5, 5.41) is 13.9. The Morgan fingerprint density at radius 2 is 1.42 bits per heavy atom. The van der Waals surface area contributed by atoms with Crippen molar-refractivity contribution in [2.45, 2.75) is 5.60 Å². The van der Waals surface area contributed by atoms with Crippen molar-refractivity contribution >= 4 is 12.7 Å². The van der Waals surface area contributed by atoms with Gasteiger partial charge in [0.25, 0.3) is 0 Å². The Labute approximate surface area is 111 Å². The molecular weight excluding hydrogens is 242 g/mol. The van der Waals surface area contributed by atoms with Crippen molar-refractivity contribution in [1.82, 2.24) is 0 Å². The molecule has 0 aromatic heterocycles. The van der Waals surface area contributed by atoms with Gasteiger partial charge in [-0.15, -0.1) is 0 Å². The minimum atomic E-state index is -1.90. The minimum Gasteiger partial charge on any atom is -0.370 e. The van der Waals surface area contributed by atoms with Crippen LogP contribution >= 0.6 is 0 Å². The maximum Gasteiger partial charge on any atom is 0.375 e. The third-order valence-electron chi connectivity index (χ3n) is 2.83. The van der Waals surface area contributed by atoms with Crippen LogP contribution in [0.2, 0.25) is 0 Å². The lowest BCUT2D eigenvalue weighted by Gasteiger charge is -2.25. The van der Waals surface area contributed by atoms with Gasteiger partial charge in [0.1, 0.15) is 0 Å². The monoisotopic (exact) mass is 255 g/mol. The summed E-state index contributed by atoms with van der Waals surface area (Å²) in [5.41, 5.74) is -1.08. The van der Waals surface area contributed by atoms with Crippen molar-refractivity contribution in [3.05, 3.63) is 71.8 Å². The van der Waals surface area contributed by atoms with Crippen LogP contribution in [0.1, 0.15) is 11.1 Å². The van der Waals surface area contributed by atoms with E-state index in [2.05, 4.69) is 16.7 Å². The zero-order chi connectivity index (χ0) is 13.7. The molecule has 4 heteroatoms. The Morgan fingerprint density at radius 3 is 1.79 bits per heavy atom. The molecule has 0 aliphatic carbocycles. The van der Waals surface area contributed by atoms with Crippen molar-refractivity contribution in [2.24, 2.45) is 5.16 Å². The normalized spacial score (nSPS) is 10.8. The van der Waals surface area contributed by atoms with Gasteiger partial charge >= 0.3 is 5.97 Å². The van der Waals surface area contributed by atoms with E-state index < -0.39 is 11.6 Å². The smallest absolute Gasteiger partial charge is 0.370 e. The second kappa shape index (κ2) is 5.46. The Hall–Kier alpha value is -2.46. The van der Waals surface area contributed by atoms with Gasteiger partial charge in [0.2, 0.25) is 5.60 Å². The summed E-state index contributed by atoms with van der Waals surface area (Å²) in [5.74, 6) is -0.889. The molecular formula is C15H13NO3. The van der Waals surface area contributed by atoms with Gasteiger partial charge in [-0.1, -0.05) is 65.8 Å². The van der Waals surface area contributed by atoms with Crippen molar-refractivity contribution in [2.75, 3.05) is 0 Å². The van der Waals surface area contributed by atoms with Crippen LogP contribution in [0.4, 0.5) is 0 Å². The molecule has 4 nitrogen and oxygen atoms in total. The second-order valence-corrected chi connectivity index (χ2v) is 3.95. The molecule has 0 saturated carbocycles. The summed E-state index contributed by atoms with van der Waals surface area (Å²) in [4.78, 5) is 16.6. The molecule has 2 aromatic carbocycles. The predicted octanol–water partition coefficient (Wildman–Crippen LogP) is 2.08. The predicted molar refractivity (Wildman–Crippen MR) is 71.5 cm³/mol. The highest BCUT2D eigenvalue weighted by atomic mass is 16.7. The summed E-state index contributed by atoms with van der Waals surface area (Å²) in [6, 6.07) is 17.1. The van der Waals surface area contributed by atoms with Crippen LogP contribution < -0.4 is 0 Å². The minimum absolute atomic E-state index is 0.412. The number of aliphatic hydroxyl groups is 1. The van der Waals surface area contributed by atoms with Crippen LogP contribution in [0.3, 0.4) is 0 Å². The van der Waals surface area contributed by atoms with E-state index >= 15 is 0 Å². The number of oxime groups is 1. The van der Waals surface area contributed by atoms with E-state index in [0.717, 1.165) is 0 Å². The molecule has 96 valence electrons. The summed E-state index contributed by atoms with van der Waals surface area (Å²) in [6.45, 7) is 3.10. The maximum absolute atomic E-state index is 12.1. The third kappa shape index (κ3) is 2.39. The van der Waals surface area contributed by atoms with E-state index in [4.69, 9.17) is 0 Å². The molecule has 19 heavy (non-hydrogen) atoms. The highest BCUT2D eigenvalue weighted by molar-refractivity contribution is 5.85. The molecule has 0 amide bonds. The fraction of sp³-hybridized carbons (Fsp3) is 0.0667. The maximum atomic E-state index is 12.1. The Kier molecular flexibility index (Phi) is 3.73. The number of nitrogens with zero attached hydrogens (tertiary/aromatic N) is 1. The number of carbonyl (C=O) groups is 1. The highest BCUT2D eigenvalue weighted by Crippen LogP contribution is 2.30. The highest BCUT2D eigenvalue weighted by Gasteiger charge is 2.42. The van der Waals surface area contributed by atoms with Gasteiger partial charge in [-0.25, -0.2) is 4.79 Å². The van der Waals surface area contributed by atoms with E-state index in [-0.39, 0.29) is 0 Å². The van der Waals surface area contributed by atoms with E-state index in [1.54, 1.807) is 60.7 Å². The molecule has 0 atom stereocenters. The number of hydrogen-bond donors (Lipinski definition) is 1. The lowest BCUT2D eigenvalue weighted by molar-refractivity contribution is -0.162. The quantitative estimate of drug-likeness (QED) is 0.517. The van der Waals surface area contributed by atoms with Gasteiger partial charge < -0.3 is 9.94 Å². The van der Waals surface area contributed by atoms with Gasteiger partial charge in [0, 0.05) is 6.72 Å². The van der Waals surface area contributed by atoms with Crippen molar-refractivity contribution in [3.8, 4) is 0 Å². The molecule has 0 heterocycles. The summed E-state index contributed by atoms with van der Waals surface area (Å²) in [7, 11) is 0. The zero-order valence-corrected chi connectivity index (χ0v) is 10.2. The summed E-state index contributed by atoms with van der Waals surface area (Å²) in [6.07, 6.45) is 0. The molecule has 2 aromatic rings. The zero-order valence-electron chi connectivity index (χ0n) is 10.2. The first-order valence-electron chi connectivity index (χ1n) is 5.70. The van der Waals surface area contributed by atoms with Crippen LogP contribution in [0.5, 0.6) is 0 Å². The average molecular weight is 255 g/mol.